The Labute approximate surface area is 193 Å². The number of sulfonamides is 1. The van der Waals surface area contributed by atoms with Crippen LogP contribution in [0.25, 0.3) is 0 Å². The van der Waals surface area contributed by atoms with Gasteiger partial charge in [0.2, 0.25) is 0 Å². The van der Waals surface area contributed by atoms with Gasteiger partial charge in [-0.25, -0.2) is 4.98 Å². The third-order valence-electron chi connectivity index (χ3n) is 5.44. The lowest BCUT2D eigenvalue weighted by atomic mass is 10.1. The lowest BCUT2D eigenvalue weighted by molar-refractivity contribution is 0.0801. The minimum absolute atomic E-state index is 0.0202. The highest BCUT2D eigenvalue weighted by molar-refractivity contribution is 8.15. The molecule has 8 nitrogen and oxygen atoms in total. The van der Waals surface area contributed by atoms with Crippen LogP contribution in [-0.4, -0.2) is 67.1 Å². The van der Waals surface area contributed by atoms with Crippen molar-refractivity contribution in [2.24, 2.45) is 4.99 Å². The minimum atomic E-state index is -3.76. The summed E-state index contributed by atoms with van der Waals surface area (Å²) in [6.07, 6.45) is 2.24. The molecular formula is C22H29N5O3S2. The molecule has 10 heteroatoms. The Morgan fingerprint density at radius 1 is 1.28 bits per heavy atom. The fourth-order valence-electron chi connectivity index (χ4n) is 3.82. The van der Waals surface area contributed by atoms with E-state index in [9.17, 15) is 13.5 Å². The van der Waals surface area contributed by atoms with Crippen molar-refractivity contribution in [3.8, 4) is 0 Å². The summed E-state index contributed by atoms with van der Waals surface area (Å²) >= 11 is 1.75. The highest BCUT2D eigenvalue weighted by Gasteiger charge is 2.34. The van der Waals surface area contributed by atoms with Gasteiger partial charge in [-0.3, -0.25) is 9.30 Å². The van der Waals surface area contributed by atoms with Gasteiger partial charge in [0.15, 0.2) is 5.03 Å². The molecule has 3 heterocycles. The highest BCUT2D eigenvalue weighted by Crippen LogP contribution is 2.39. The Morgan fingerprint density at radius 2 is 2.09 bits per heavy atom. The van der Waals surface area contributed by atoms with Crippen molar-refractivity contribution in [2.45, 2.75) is 42.2 Å². The SMILES string of the molecule is CN(c1cccc2c1NC(C1=NCC(CNCC(C)(C)O)S1)C2)S(=O)(=O)c1ccccn1. The number of nitrogens with zero attached hydrogens (tertiary/aromatic N) is 3. The quantitative estimate of drug-likeness (QED) is 0.537. The van der Waals surface area contributed by atoms with E-state index in [2.05, 4.69) is 15.6 Å². The molecule has 2 atom stereocenters. The zero-order valence-corrected chi connectivity index (χ0v) is 20.1. The van der Waals surface area contributed by atoms with Gasteiger partial charge in [0.05, 0.1) is 34.6 Å². The fourth-order valence-corrected chi connectivity index (χ4v) is 6.11. The number of thioether (sulfide) groups is 1. The van der Waals surface area contributed by atoms with Gasteiger partial charge in [0.25, 0.3) is 10.0 Å². The summed E-state index contributed by atoms with van der Waals surface area (Å²) in [7, 11) is -2.21. The van der Waals surface area contributed by atoms with Crippen molar-refractivity contribution in [1.29, 1.82) is 0 Å². The van der Waals surface area contributed by atoms with Crippen molar-refractivity contribution in [1.82, 2.24) is 10.3 Å². The van der Waals surface area contributed by atoms with E-state index in [1.54, 1.807) is 44.8 Å². The topological polar surface area (TPSA) is 107 Å². The first-order valence-corrected chi connectivity index (χ1v) is 12.9. The zero-order chi connectivity index (χ0) is 22.9. The largest absolute Gasteiger partial charge is 0.389 e. The van der Waals surface area contributed by atoms with Crippen molar-refractivity contribution < 1.29 is 13.5 Å². The molecule has 0 amide bonds. The molecule has 0 saturated heterocycles. The van der Waals surface area contributed by atoms with E-state index in [-0.39, 0.29) is 11.1 Å². The molecule has 172 valence electrons. The summed E-state index contributed by atoms with van der Waals surface area (Å²) in [4.78, 5) is 8.76. The number of rotatable bonds is 8. The number of hydrogen-bond donors (Lipinski definition) is 3. The van der Waals surface area contributed by atoms with E-state index in [0.29, 0.717) is 17.5 Å². The number of aromatic nitrogens is 1. The predicted octanol–water partition coefficient (Wildman–Crippen LogP) is 2.12. The summed E-state index contributed by atoms with van der Waals surface area (Å²) in [5, 5.41) is 18.1. The molecule has 4 rings (SSSR count). The average molecular weight is 476 g/mol. The number of benzene rings is 1. The summed E-state index contributed by atoms with van der Waals surface area (Å²) in [6, 6.07) is 10.6. The van der Waals surface area contributed by atoms with Gasteiger partial charge in [-0.1, -0.05) is 18.2 Å². The first-order chi connectivity index (χ1) is 15.1. The van der Waals surface area contributed by atoms with Crippen LogP contribution in [0.4, 0.5) is 11.4 Å². The average Bonchev–Trinajstić information content (AvgIpc) is 3.39. The van der Waals surface area contributed by atoms with E-state index in [4.69, 9.17) is 4.99 Å². The molecule has 0 spiro atoms. The van der Waals surface area contributed by atoms with E-state index >= 15 is 0 Å². The molecule has 0 aliphatic carbocycles. The summed E-state index contributed by atoms with van der Waals surface area (Å²) in [6.45, 7) is 5.61. The van der Waals surface area contributed by atoms with Gasteiger partial charge in [0.1, 0.15) is 0 Å². The van der Waals surface area contributed by atoms with Crippen LogP contribution >= 0.6 is 11.8 Å². The smallest absolute Gasteiger partial charge is 0.281 e. The maximum Gasteiger partial charge on any atom is 0.281 e. The number of pyridine rings is 1. The maximum atomic E-state index is 13.1. The molecule has 3 N–H and O–H groups in total. The zero-order valence-electron chi connectivity index (χ0n) is 18.4. The molecule has 0 bridgehead atoms. The molecule has 2 aliphatic heterocycles. The molecule has 1 aromatic heterocycles. The van der Waals surface area contributed by atoms with Gasteiger partial charge in [0, 0.05) is 38.0 Å². The molecular weight excluding hydrogens is 446 g/mol. The van der Waals surface area contributed by atoms with E-state index in [1.807, 2.05) is 18.2 Å². The van der Waals surface area contributed by atoms with Gasteiger partial charge in [-0.05, 0) is 37.6 Å². The second kappa shape index (κ2) is 9.01. The molecule has 1 aromatic carbocycles. The summed E-state index contributed by atoms with van der Waals surface area (Å²) in [5.74, 6) is 0. The normalized spacial score (nSPS) is 20.6. The molecule has 0 saturated carbocycles. The minimum Gasteiger partial charge on any atom is -0.389 e. The molecule has 32 heavy (non-hydrogen) atoms. The first-order valence-electron chi connectivity index (χ1n) is 10.6. The van der Waals surface area contributed by atoms with Crippen LogP contribution in [0.15, 0.2) is 52.6 Å². The van der Waals surface area contributed by atoms with E-state index in [1.165, 1.54) is 16.6 Å². The Balaban J connectivity index is 1.45. The molecule has 2 aromatic rings. The third-order valence-corrected chi connectivity index (χ3v) is 8.43. The second-order valence-corrected chi connectivity index (χ2v) is 12.0. The van der Waals surface area contributed by atoms with Crippen LogP contribution in [0.5, 0.6) is 0 Å². The Bertz CT molecular complexity index is 1100. The maximum absolute atomic E-state index is 13.1. The number of fused-ring (bicyclic) bond motifs is 1. The standard InChI is InChI=1S/C22H29N5O3S2/c1-22(2,28)14-23-12-16-13-25-21(31-16)17-11-15-7-6-8-18(20(15)26-17)27(3)32(29,30)19-9-4-5-10-24-19/h4-10,16-17,23,26,28H,11-14H2,1-3H3. The van der Waals surface area contributed by atoms with Gasteiger partial charge >= 0.3 is 0 Å². The molecule has 0 radical (unpaired) electrons. The second-order valence-electron chi connectivity index (χ2n) is 8.71. The molecule has 2 aliphatic rings. The van der Waals surface area contributed by atoms with Crippen LogP contribution in [0.2, 0.25) is 0 Å². The van der Waals surface area contributed by atoms with Gasteiger partial charge in [-0.2, -0.15) is 8.42 Å². The number of anilines is 2. The van der Waals surface area contributed by atoms with Crippen molar-refractivity contribution >= 4 is 38.2 Å². The number of aliphatic imine (C=N–C) groups is 1. The van der Waals surface area contributed by atoms with Crippen LogP contribution in [-0.2, 0) is 16.4 Å². The Hall–Kier alpha value is -2.14. The lowest BCUT2D eigenvalue weighted by Gasteiger charge is -2.22. The van der Waals surface area contributed by atoms with Crippen LogP contribution in [0.3, 0.4) is 0 Å². The summed E-state index contributed by atoms with van der Waals surface area (Å²) in [5.41, 5.74) is 1.76. The van der Waals surface area contributed by atoms with Crippen molar-refractivity contribution in [2.75, 3.05) is 36.3 Å². The highest BCUT2D eigenvalue weighted by atomic mass is 32.2. The fraction of sp³-hybridized carbons (Fsp3) is 0.455. The predicted molar refractivity (Wildman–Crippen MR) is 130 cm³/mol. The Kier molecular flexibility index (Phi) is 6.49. The number of aliphatic hydroxyl groups is 1. The Morgan fingerprint density at radius 3 is 2.81 bits per heavy atom. The third kappa shape index (κ3) is 4.93. The van der Waals surface area contributed by atoms with Crippen LogP contribution < -0.4 is 14.9 Å². The van der Waals surface area contributed by atoms with E-state index < -0.39 is 15.6 Å². The van der Waals surface area contributed by atoms with Crippen molar-refractivity contribution in [3.05, 3.63) is 48.2 Å². The molecule has 0 fully saturated rings. The monoisotopic (exact) mass is 475 g/mol. The van der Waals surface area contributed by atoms with Gasteiger partial charge in [-0.15, -0.1) is 11.8 Å². The lowest BCUT2D eigenvalue weighted by Crippen LogP contribution is -2.38. The van der Waals surface area contributed by atoms with Gasteiger partial charge < -0.3 is 15.7 Å². The first kappa shape index (κ1) is 23.0. The van der Waals surface area contributed by atoms with Crippen LogP contribution in [0, 0.1) is 0 Å². The number of nitrogens with one attached hydrogen (secondary N) is 2. The van der Waals surface area contributed by atoms with Crippen molar-refractivity contribution in [3.63, 3.8) is 0 Å². The number of para-hydroxylation sites is 1. The number of hydrogen-bond acceptors (Lipinski definition) is 8. The van der Waals surface area contributed by atoms with Crippen LogP contribution in [0.1, 0.15) is 19.4 Å². The van der Waals surface area contributed by atoms with E-state index in [0.717, 1.165) is 35.8 Å². The molecule has 2 unspecified atom stereocenters. The summed E-state index contributed by atoms with van der Waals surface area (Å²) < 4.78 is 27.4.